The third-order valence-electron chi connectivity index (χ3n) is 2.84. The number of halogens is 3. The Morgan fingerprint density at radius 2 is 1.84 bits per heavy atom. The highest BCUT2D eigenvalue weighted by molar-refractivity contribution is 9.10. The van der Waals surface area contributed by atoms with Gasteiger partial charge in [-0.15, -0.1) is 0 Å². The molecule has 1 aromatic carbocycles. The monoisotopic (exact) mass is 358 g/mol. The molecule has 0 radical (unpaired) electrons. The fourth-order valence-electron chi connectivity index (χ4n) is 1.97. The number of benzene rings is 1. The van der Waals surface area contributed by atoms with E-state index < -0.39 is 0 Å². The molecular formula is C14H13BrCl2N2. The molecule has 2 rings (SSSR count). The van der Waals surface area contributed by atoms with Crippen molar-refractivity contribution in [3.63, 3.8) is 0 Å². The molecule has 2 nitrogen and oxygen atoms in total. The Hall–Kier alpha value is -0.610. The minimum Gasteiger partial charge on any atom is -0.313 e. The van der Waals surface area contributed by atoms with Gasteiger partial charge in [0.05, 0.1) is 0 Å². The van der Waals surface area contributed by atoms with E-state index in [-0.39, 0.29) is 6.04 Å². The molecule has 1 atom stereocenters. The maximum Gasteiger partial charge on any atom is 0.0424 e. The number of hydrogen-bond acceptors (Lipinski definition) is 2. The van der Waals surface area contributed by atoms with E-state index in [4.69, 9.17) is 23.2 Å². The summed E-state index contributed by atoms with van der Waals surface area (Å²) >= 11 is 15.5. The van der Waals surface area contributed by atoms with Crippen LogP contribution in [0.15, 0.2) is 41.1 Å². The Kier molecular flexibility index (Phi) is 5.22. The molecule has 0 aliphatic carbocycles. The molecule has 19 heavy (non-hydrogen) atoms. The van der Waals surface area contributed by atoms with Gasteiger partial charge in [0.25, 0.3) is 0 Å². The lowest BCUT2D eigenvalue weighted by atomic mass is 10.00. The summed E-state index contributed by atoms with van der Waals surface area (Å²) in [5.41, 5.74) is 2.21. The molecule has 0 saturated carbocycles. The second-order valence-corrected chi connectivity index (χ2v) is 6.05. The van der Waals surface area contributed by atoms with E-state index in [0.29, 0.717) is 10.0 Å². The van der Waals surface area contributed by atoms with Crippen LogP contribution >= 0.6 is 39.1 Å². The van der Waals surface area contributed by atoms with Gasteiger partial charge < -0.3 is 5.32 Å². The van der Waals surface area contributed by atoms with Crippen LogP contribution in [-0.4, -0.2) is 12.0 Å². The second-order valence-electron chi connectivity index (χ2n) is 4.26. The highest BCUT2D eigenvalue weighted by Crippen LogP contribution is 2.26. The van der Waals surface area contributed by atoms with E-state index in [1.54, 1.807) is 12.3 Å². The third-order valence-corrected chi connectivity index (χ3v) is 3.71. The van der Waals surface area contributed by atoms with Crippen LogP contribution in [0.25, 0.3) is 0 Å². The quantitative estimate of drug-likeness (QED) is 0.859. The summed E-state index contributed by atoms with van der Waals surface area (Å²) in [5.74, 6) is 0. The lowest BCUT2D eigenvalue weighted by Crippen LogP contribution is -2.19. The van der Waals surface area contributed by atoms with E-state index >= 15 is 0 Å². The van der Waals surface area contributed by atoms with Crippen molar-refractivity contribution in [1.82, 2.24) is 10.3 Å². The van der Waals surface area contributed by atoms with Gasteiger partial charge in [-0.05, 0) is 64.8 Å². The maximum atomic E-state index is 6.05. The fraction of sp³-hybridized carbons (Fsp3) is 0.214. The smallest absolute Gasteiger partial charge is 0.0424 e. The first kappa shape index (κ1) is 14.8. The molecule has 1 aromatic heterocycles. The number of hydrogen-bond donors (Lipinski definition) is 1. The molecule has 100 valence electrons. The van der Waals surface area contributed by atoms with Gasteiger partial charge >= 0.3 is 0 Å². The summed E-state index contributed by atoms with van der Waals surface area (Å²) in [4.78, 5) is 4.17. The van der Waals surface area contributed by atoms with Crippen molar-refractivity contribution < 1.29 is 0 Å². The summed E-state index contributed by atoms with van der Waals surface area (Å²) in [6.07, 6.45) is 4.45. The van der Waals surface area contributed by atoms with Gasteiger partial charge in [0.2, 0.25) is 0 Å². The molecule has 0 aliphatic rings. The largest absolute Gasteiger partial charge is 0.313 e. The molecule has 0 spiro atoms. The molecule has 1 N–H and O–H groups in total. The predicted molar refractivity (Wildman–Crippen MR) is 83.9 cm³/mol. The second kappa shape index (κ2) is 6.71. The summed E-state index contributed by atoms with van der Waals surface area (Å²) in [5, 5.41) is 4.58. The van der Waals surface area contributed by atoms with Gasteiger partial charge in [-0.3, -0.25) is 4.98 Å². The van der Waals surface area contributed by atoms with E-state index in [1.807, 2.05) is 25.4 Å². The van der Waals surface area contributed by atoms with Crippen molar-refractivity contribution >= 4 is 39.1 Å². The Bertz CT molecular complexity index is 555. The first-order valence-corrected chi connectivity index (χ1v) is 7.36. The number of rotatable bonds is 4. The number of aromatic nitrogens is 1. The van der Waals surface area contributed by atoms with E-state index in [2.05, 4.69) is 32.3 Å². The Labute approximate surface area is 131 Å². The van der Waals surface area contributed by atoms with Crippen LogP contribution in [0.3, 0.4) is 0 Å². The van der Waals surface area contributed by atoms with Crippen molar-refractivity contribution in [3.05, 3.63) is 62.3 Å². The van der Waals surface area contributed by atoms with Crippen LogP contribution < -0.4 is 5.32 Å². The molecule has 0 fully saturated rings. The summed E-state index contributed by atoms with van der Waals surface area (Å²) in [6.45, 7) is 0. The normalized spacial score (nSPS) is 12.4. The summed E-state index contributed by atoms with van der Waals surface area (Å²) in [7, 11) is 1.92. The predicted octanol–water partition coefficient (Wildman–Crippen LogP) is 4.65. The molecule has 1 heterocycles. The zero-order valence-corrected chi connectivity index (χ0v) is 13.4. The maximum absolute atomic E-state index is 6.05. The van der Waals surface area contributed by atoms with Crippen LogP contribution in [0, 0.1) is 0 Å². The summed E-state index contributed by atoms with van der Waals surface area (Å²) < 4.78 is 0.976. The fourth-order valence-corrected chi connectivity index (χ4v) is 2.92. The molecule has 5 heteroatoms. The average Bonchev–Trinajstić information content (AvgIpc) is 2.34. The first-order valence-electron chi connectivity index (χ1n) is 5.81. The zero-order valence-electron chi connectivity index (χ0n) is 10.3. The molecule has 0 bridgehead atoms. The number of nitrogens with one attached hydrogen (secondary N) is 1. The highest BCUT2D eigenvalue weighted by Gasteiger charge is 2.12. The van der Waals surface area contributed by atoms with Crippen LogP contribution in [-0.2, 0) is 6.42 Å². The van der Waals surface area contributed by atoms with Crippen molar-refractivity contribution in [2.24, 2.45) is 0 Å². The lowest BCUT2D eigenvalue weighted by Gasteiger charge is -2.17. The first-order chi connectivity index (χ1) is 9.08. The van der Waals surface area contributed by atoms with E-state index in [0.717, 1.165) is 22.0 Å². The van der Waals surface area contributed by atoms with Gasteiger partial charge in [-0.25, -0.2) is 0 Å². The van der Waals surface area contributed by atoms with Gasteiger partial charge in [-0.1, -0.05) is 23.2 Å². The Balaban J connectivity index is 2.24. The Morgan fingerprint density at radius 1 is 1.16 bits per heavy atom. The van der Waals surface area contributed by atoms with Crippen LogP contribution in [0.5, 0.6) is 0 Å². The van der Waals surface area contributed by atoms with E-state index in [1.165, 1.54) is 0 Å². The number of nitrogens with zero attached hydrogens (tertiary/aromatic N) is 1. The Morgan fingerprint density at radius 3 is 2.42 bits per heavy atom. The van der Waals surface area contributed by atoms with Crippen LogP contribution in [0.1, 0.15) is 17.2 Å². The minimum atomic E-state index is 0.146. The van der Waals surface area contributed by atoms with Crippen LogP contribution in [0.2, 0.25) is 10.0 Å². The molecule has 0 aliphatic heterocycles. The van der Waals surface area contributed by atoms with Crippen molar-refractivity contribution in [2.45, 2.75) is 12.5 Å². The van der Waals surface area contributed by atoms with Gasteiger partial charge in [0.1, 0.15) is 0 Å². The molecule has 2 aromatic rings. The standard InChI is InChI=1S/C14H13BrCl2N2/c1-18-14(3-9-2-11(15)8-19-7-9)10-4-12(16)6-13(17)5-10/h2,4-8,14,18H,3H2,1H3. The van der Waals surface area contributed by atoms with Crippen molar-refractivity contribution in [2.75, 3.05) is 7.05 Å². The average molecular weight is 360 g/mol. The molecule has 0 amide bonds. The highest BCUT2D eigenvalue weighted by atomic mass is 79.9. The SMILES string of the molecule is CNC(Cc1cncc(Br)c1)c1cc(Cl)cc(Cl)c1. The summed E-state index contributed by atoms with van der Waals surface area (Å²) in [6, 6.07) is 7.80. The number of pyridine rings is 1. The van der Waals surface area contributed by atoms with Crippen LogP contribution in [0.4, 0.5) is 0 Å². The molecule has 0 saturated heterocycles. The van der Waals surface area contributed by atoms with Gasteiger partial charge in [-0.2, -0.15) is 0 Å². The minimum absolute atomic E-state index is 0.146. The molecule has 1 unspecified atom stereocenters. The lowest BCUT2D eigenvalue weighted by molar-refractivity contribution is 0.591. The molecular weight excluding hydrogens is 347 g/mol. The van der Waals surface area contributed by atoms with Crippen molar-refractivity contribution in [1.29, 1.82) is 0 Å². The third kappa shape index (κ3) is 4.18. The zero-order chi connectivity index (χ0) is 13.8. The van der Waals surface area contributed by atoms with Crippen molar-refractivity contribution in [3.8, 4) is 0 Å². The topological polar surface area (TPSA) is 24.9 Å². The van der Waals surface area contributed by atoms with Gasteiger partial charge in [0, 0.05) is 33.0 Å². The van der Waals surface area contributed by atoms with Gasteiger partial charge in [0.15, 0.2) is 0 Å². The van der Waals surface area contributed by atoms with E-state index in [9.17, 15) is 0 Å². The number of likely N-dealkylation sites (N-methyl/N-ethyl adjacent to an activating group) is 1.